The summed E-state index contributed by atoms with van der Waals surface area (Å²) >= 11 is 1.50. The number of esters is 1. The maximum atomic E-state index is 13.1. The van der Waals surface area contributed by atoms with Crippen molar-refractivity contribution in [2.24, 2.45) is 23.2 Å². The predicted molar refractivity (Wildman–Crippen MR) is 94.1 cm³/mol. The van der Waals surface area contributed by atoms with Crippen LogP contribution in [0.25, 0.3) is 0 Å². The molecule has 1 aromatic rings. The topological polar surface area (TPSA) is 43.4 Å². The van der Waals surface area contributed by atoms with Crippen LogP contribution >= 0.6 is 11.8 Å². The van der Waals surface area contributed by atoms with Crippen LogP contribution < -0.4 is 0 Å². The number of methoxy groups -OCH3 is 1. The van der Waals surface area contributed by atoms with Gasteiger partial charge in [-0.1, -0.05) is 12.1 Å². The molecule has 5 rings (SSSR count). The van der Waals surface area contributed by atoms with Gasteiger partial charge in [-0.25, -0.2) is 4.79 Å². The fourth-order valence-corrected chi connectivity index (χ4v) is 6.69. The SMILES string of the molecule is COC(=O)c1ccccc1SCC(=O)C12CC3CC(CC(C3)C1)C2. The molecule has 4 aliphatic carbocycles. The molecule has 4 bridgehead atoms. The lowest BCUT2D eigenvalue weighted by atomic mass is 9.48. The predicted octanol–water partition coefficient (Wildman–Crippen LogP) is 4.35. The van der Waals surface area contributed by atoms with Crippen LogP contribution in [-0.2, 0) is 9.53 Å². The maximum absolute atomic E-state index is 13.1. The van der Waals surface area contributed by atoms with Crippen LogP contribution in [0.1, 0.15) is 48.9 Å². The van der Waals surface area contributed by atoms with Gasteiger partial charge in [0.2, 0.25) is 0 Å². The highest BCUT2D eigenvalue weighted by molar-refractivity contribution is 8.00. The Balaban J connectivity index is 1.47. The van der Waals surface area contributed by atoms with Crippen molar-refractivity contribution in [2.75, 3.05) is 12.9 Å². The zero-order valence-electron chi connectivity index (χ0n) is 14.1. The first-order chi connectivity index (χ1) is 11.6. The first-order valence-electron chi connectivity index (χ1n) is 8.93. The quantitative estimate of drug-likeness (QED) is 0.588. The van der Waals surface area contributed by atoms with E-state index in [9.17, 15) is 9.59 Å². The van der Waals surface area contributed by atoms with Crippen molar-refractivity contribution < 1.29 is 14.3 Å². The largest absolute Gasteiger partial charge is 0.465 e. The van der Waals surface area contributed by atoms with Gasteiger partial charge in [0.1, 0.15) is 5.78 Å². The van der Waals surface area contributed by atoms with Crippen LogP contribution in [-0.4, -0.2) is 24.6 Å². The molecule has 0 aliphatic heterocycles. The highest BCUT2D eigenvalue weighted by Crippen LogP contribution is 2.60. The van der Waals surface area contributed by atoms with Gasteiger partial charge in [-0.2, -0.15) is 0 Å². The Morgan fingerprint density at radius 3 is 2.25 bits per heavy atom. The molecule has 4 aliphatic rings. The number of rotatable bonds is 5. The van der Waals surface area contributed by atoms with E-state index in [0.29, 0.717) is 17.1 Å². The number of hydrogen-bond acceptors (Lipinski definition) is 4. The van der Waals surface area contributed by atoms with E-state index in [1.165, 1.54) is 38.1 Å². The zero-order valence-corrected chi connectivity index (χ0v) is 14.9. The summed E-state index contributed by atoms with van der Waals surface area (Å²) in [5, 5.41) is 0. The molecule has 0 spiro atoms. The van der Waals surface area contributed by atoms with Crippen LogP contribution in [0.3, 0.4) is 0 Å². The standard InChI is InChI=1S/C20H24O3S/c1-23-19(22)16-4-2-3-5-17(16)24-12-18(21)20-9-13-6-14(10-20)8-15(7-13)11-20/h2-5,13-15H,6-12H2,1H3. The number of carbonyl (C=O) groups excluding carboxylic acids is 2. The minimum atomic E-state index is -0.333. The highest BCUT2D eigenvalue weighted by Gasteiger charge is 2.54. The van der Waals surface area contributed by atoms with E-state index < -0.39 is 0 Å². The Bertz CT molecular complexity index is 631. The number of ketones is 1. The van der Waals surface area contributed by atoms with E-state index in [-0.39, 0.29) is 11.4 Å². The molecular formula is C20H24O3S. The van der Waals surface area contributed by atoms with Crippen molar-refractivity contribution in [3.8, 4) is 0 Å². The summed E-state index contributed by atoms with van der Waals surface area (Å²) in [6.45, 7) is 0. The second-order valence-electron chi connectivity index (χ2n) is 7.90. The Morgan fingerprint density at radius 1 is 1.08 bits per heavy atom. The average molecular weight is 344 g/mol. The van der Waals surface area contributed by atoms with Crippen LogP contribution in [0.5, 0.6) is 0 Å². The number of ether oxygens (including phenoxy) is 1. The fraction of sp³-hybridized carbons (Fsp3) is 0.600. The van der Waals surface area contributed by atoms with Crippen molar-refractivity contribution in [1.29, 1.82) is 0 Å². The molecule has 24 heavy (non-hydrogen) atoms. The first kappa shape index (κ1) is 16.2. The molecule has 3 nitrogen and oxygen atoms in total. The second-order valence-corrected chi connectivity index (χ2v) is 8.91. The lowest BCUT2D eigenvalue weighted by Gasteiger charge is -2.56. The summed E-state index contributed by atoms with van der Waals surface area (Å²) in [5.74, 6) is 2.90. The summed E-state index contributed by atoms with van der Waals surface area (Å²) in [4.78, 5) is 25.8. The van der Waals surface area contributed by atoms with Crippen LogP contribution in [0.2, 0.25) is 0 Å². The molecule has 4 saturated carbocycles. The molecule has 4 heteroatoms. The Labute approximate surface area is 147 Å². The summed E-state index contributed by atoms with van der Waals surface area (Å²) in [7, 11) is 1.39. The maximum Gasteiger partial charge on any atom is 0.338 e. The smallest absolute Gasteiger partial charge is 0.338 e. The summed E-state index contributed by atoms with van der Waals surface area (Å²) in [6, 6.07) is 7.41. The molecule has 0 heterocycles. The van der Waals surface area contributed by atoms with Gasteiger partial charge in [0, 0.05) is 10.3 Å². The Kier molecular flexibility index (Phi) is 4.19. The van der Waals surface area contributed by atoms with E-state index in [4.69, 9.17) is 4.74 Å². The number of thioether (sulfide) groups is 1. The van der Waals surface area contributed by atoms with Crippen LogP contribution in [0.15, 0.2) is 29.2 Å². The second kappa shape index (κ2) is 6.21. The number of hydrogen-bond donors (Lipinski definition) is 0. The van der Waals surface area contributed by atoms with Gasteiger partial charge in [-0.15, -0.1) is 11.8 Å². The summed E-state index contributed by atoms with van der Waals surface area (Å²) < 4.78 is 4.85. The zero-order chi connectivity index (χ0) is 16.7. The van der Waals surface area contributed by atoms with Gasteiger partial charge in [-0.3, -0.25) is 4.79 Å². The van der Waals surface area contributed by atoms with E-state index in [0.717, 1.165) is 41.9 Å². The van der Waals surface area contributed by atoms with E-state index in [2.05, 4.69) is 0 Å². The molecule has 0 aromatic heterocycles. The first-order valence-corrected chi connectivity index (χ1v) is 9.91. The molecule has 1 aromatic carbocycles. The molecule has 0 saturated heterocycles. The lowest BCUT2D eigenvalue weighted by Crippen LogP contribution is -2.50. The lowest BCUT2D eigenvalue weighted by molar-refractivity contribution is -0.141. The Hall–Kier alpha value is -1.29. The fourth-order valence-electron chi connectivity index (χ4n) is 5.62. The molecule has 128 valence electrons. The van der Waals surface area contributed by atoms with Crippen LogP contribution in [0, 0.1) is 23.2 Å². The van der Waals surface area contributed by atoms with Gasteiger partial charge in [-0.05, 0) is 68.4 Å². The molecule has 4 fully saturated rings. The summed E-state index contributed by atoms with van der Waals surface area (Å²) in [6.07, 6.45) is 7.38. The third-order valence-electron chi connectivity index (χ3n) is 6.28. The molecular weight excluding hydrogens is 320 g/mol. The molecule has 0 atom stereocenters. The van der Waals surface area contributed by atoms with Gasteiger partial charge >= 0.3 is 5.97 Å². The number of carbonyl (C=O) groups is 2. The van der Waals surface area contributed by atoms with E-state index >= 15 is 0 Å². The monoisotopic (exact) mass is 344 g/mol. The van der Waals surface area contributed by atoms with Crippen molar-refractivity contribution in [2.45, 2.75) is 43.4 Å². The van der Waals surface area contributed by atoms with E-state index in [1.807, 2.05) is 18.2 Å². The van der Waals surface area contributed by atoms with Crippen molar-refractivity contribution in [3.63, 3.8) is 0 Å². The Morgan fingerprint density at radius 2 is 1.67 bits per heavy atom. The number of benzene rings is 1. The van der Waals surface area contributed by atoms with Crippen molar-refractivity contribution >= 4 is 23.5 Å². The van der Waals surface area contributed by atoms with Crippen LogP contribution in [0.4, 0.5) is 0 Å². The minimum absolute atomic E-state index is 0.0536. The number of Topliss-reactive ketones (excluding diaryl/α,β-unsaturated/α-hetero) is 1. The highest BCUT2D eigenvalue weighted by atomic mass is 32.2. The molecule has 0 unspecified atom stereocenters. The van der Waals surface area contributed by atoms with Crippen molar-refractivity contribution in [3.05, 3.63) is 29.8 Å². The normalized spacial score (nSPS) is 33.5. The minimum Gasteiger partial charge on any atom is -0.465 e. The average Bonchev–Trinajstić information content (AvgIpc) is 2.58. The van der Waals surface area contributed by atoms with Gasteiger partial charge in [0.15, 0.2) is 0 Å². The van der Waals surface area contributed by atoms with Gasteiger partial charge < -0.3 is 4.74 Å². The third-order valence-corrected chi connectivity index (χ3v) is 7.35. The van der Waals surface area contributed by atoms with Gasteiger partial charge in [0.25, 0.3) is 0 Å². The molecule has 0 N–H and O–H groups in total. The third kappa shape index (κ3) is 2.79. The molecule has 0 radical (unpaired) electrons. The van der Waals surface area contributed by atoms with E-state index in [1.54, 1.807) is 6.07 Å². The van der Waals surface area contributed by atoms with Crippen molar-refractivity contribution in [1.82, 2.24) is 0 Å². The molecule has 0 amide bonds. The summed E-state index contributed by atoms with van der Waals surface area (Å²) in [5.41, 5.74) is 0.505. The van der Waals surface area contributed by atoms with Gasteiger partial charge in [0.05, 0.1) is 18.4 Å².